The smallest absolute Gasteiger partial charge is 0.0914 e. The zero-order chi connectivity index (χ0) is 13.4. The topological polar surface area (TPSA) is 52.5 Å². The van der Waals surface area contributed by atoms with Gasteiger partial charge in [-0.05, 0) is 23.8 Å². The highest BCUT2D eigenvalue weighted by molar-refractivity contribution is 5.17. The van der Waals surface area contributed by atoms with Crippen molar-refractivity contribution in [1.82, 2.24) is 5.32 Å². The number of hydrogen-bond donors (Lipinski definition) is 3. The van der Waals surface area contributed by atoms with Crippen molar-refractivity contribution in [3.8, 4) is 0 Å². The van der Waals surface area contributed by atoms with E-state index >= 15 is 0 Å². The van der Waals surface area contributed by atoms with E-state index in [0.29, 0.717) is 6.54 Å². The number of rotatable bonds is 8. The van der Waals surface area contributed by atoms with Gasteiger partial charge < -0.3 is 15.5 Å². The normalized spacial score (nSPS) is 13.6. The molecule has 0 radical (unpaired) electrons. The second-order valence-electron chi connectivity index (χ2n) is 5.55. The van der Waals surface area contributed by atoms with E-state index < -0.39 is 6.10 Å². The molecule has 0 aliphatic carbocycles. The van der Waals surface area contributed by atoms with Gasteiger partial charge in [-0.15, -0.1) is 0 Å². The Morgan fingerprint density at radius 1 is 1.22 bits per heavy atom. The molecule has 18 heavy (non-hydrogen) atoms. The highest BCUT2D eigenvalue weighted by Crippen LogP contribution is 2.21. The van der Waals surface area contributed by atoms with Gasteiger partial charge in [0.1, 0.15) is 0 Å². The fourth-order valence-electron chi connectivity index (χ4n) is 1.99. The lowest BCUT2D eigenvalue weighted by atomic mass is 9.88. The van der Waals surface area contributed by atoms with Crippen molar-refractivity contribution >= 4 is 0 Å². The largest absolute Gasteiger partial charge is 0.396 e. The number of aliphatic hydroxyl groups excluding tert-OH is 2. The molecule has 102 valence electrons. The van der Waals surface area contributed by atoms with Crippen LogP contribution in [0.25, 0.3) is 0 Å². The second kappa shape index (κ2) is 7.52. The molecule has 0 aliphatic heterocycles. The Hall–Kier alpha value is -0.900. The number of nitrogens with one attached hydrogen (secondary N) is 1. The highest BCUT2D eigenvalue weighted by atomic mass is 16.3. The minimum Gasteiger partial charge on any atom is -0.396 e. The summed E-state index contributed by atoms with van der Waals surface area (Å²) in [7, 11) is 0. The van der Waals surface area contributed by atoms with Gasteiger partial charge in [0.25, 0.3) is 0 Å². The van der Waals surface area contributed by atoms with Crippen LogP contribution < -0.4 is 5.32 Å². The predicted octanol–water partition coefficient (Wildman–Crippen LogP) is 2.11. The Kier molecular flexibility index (Phi) is 6.33. The quantitative estimate of drug-likeness (QED) is 0.663. The molecule has 1 aromatic rings. The lowest BCUT2D eigenvalue weighted by molar-refractivity contribution is 0.165. The number of hydrogen-bond acceptors (Lipinski definition) is 3. The van der Waals surface area contributed by atoms with Crippen LogP contribution in [0.5, 0.6) is 0 Å². The van der Waals surface area contributed by atoms with Gasteiger partial charge in [0.15, 0.2) is 0 Å². The van der Waals surface area contributed by atoms with Crippen LogP contribution in [0.3, 0.4) is 0 Å². The molecule has 0 spiro atoms. The van der Waals surface area contributed by atoms with Crippen LogP contribution in [0.1, 0.15) is 38.4 Å². The molecule has 0 fully saturated rings. The zero-order valence-electron chi connectivity index (χ0n) is 11.4. The maximum absolute atomic E-state index is 9.99. The van der Waals surface area contributed by atoms with Gasteiger partial charge >= 0.3 is 0 Å². The van der Waals surface area contributed by atoms with Crippen LogP contribution in [0, 0.1) is 5.41 Å². The molecule has 0 heterocycles. The minimum absolute atomic E-state index is 0.152. The molecule has 0 bridgehead atoms. The molecule has 1 aromatic carbocycles. The van der Waals surface area contributed by atoms with Crippen molar-refractivity contribution in [2.45, 2.75) is 32.8 Å². The molecule has 0 aliphatic rings. The molecular formula is C15H25NO2. The summed E-state index contributed by atoms with van der Waals surface area (Å²) in [6.45, 7) is 5.99. The monoisotopic (exact) mass is 251 g/mol. The summed E-state index contributed by atoms with van der Waals surface area (Å²) < 4.78 is 0. The summed E-state index contributed by atoms with van der Waals surface area (Å²) in [6, 6.07) is 9.68. The molecule has 1 atom stereocenters. The molecule has 0 saturated heterocycles. The van der Waals surface area contributed by atoms with Crippen LogP contribution in [0.4, 0.5) is 0 Å². The second-order valence-corrected chi connectivity index (χ2v) is 5.55. The Balaban J connectivity index is 2.29. The van der Waals surface area contributed by atoms with Crippen LogP contribution in [-0.2, 0) is 0 Å². The first-order valence-corrected chi connectivity index (χ1v) is 6.60. The molecule has 0 aromatic heterocycles. The Bertz CT molecular complexity index is 325. The molecule has 1 rings (SSSR count). The summed E-state index contributed by atoms with van der Waals surface area (Å²) in [6.07, 6.45) is 1.35. The number of benzene rings is 1. The van der Waals surface area contributed by atoms with Gasteiger partial charge in [0, 0.05) is 19.7 Å². The van der Waals surface area contributed by atoms with E-state index in [1.165, 1.54) is 0 Å². The summed E-state index contributed by atoms with van der Waals surface area (Å²) in [5.41, 5.74) is 1.09. The molecule has 0 saturated carbocycles. The van der Waals surface area contributed by atoms with E-state index in [4.69, 9.17) is 5.11 Å². The Morgan fingerprint density at radius 2 is 1.89 bits per heavy atom. The third-order valence-electron chi connectivity index (χ3n) is 3.14. The van der Waals surface area contributed by atoms with Crippen molar-refractivity contribution in [2.24, 2.45) is 5.41 Å². The zero-order valence-corrected chi connectivity index (χ0v) is 11.4. The highest BCUT2D eigenvalue weighted by Gasteiger charge is 2.17. The van der Waals surface area contributed by atoms with E-state index in [9.17, 15) is 5.11 Å². The SMILES string of the molecule is CC(C)(CCCO)CNCC(O)c1ccccc1. The number of aliphatic hydroxyl groups is 2. The van der Waals surface area contributed by atoms with Gasteiger partial charge in [-0.3, -0.25) is 0 Å². The van der Waals surface area contributed by atoms with Gasteiger partial charge in [-0.25, -0.2) is 0 Å². The van der Waals surface area contributed by atoms with E-state index in [0.717, 1.165) is 24.9 Å². The fourth-order valence-corrected chi connectivity index (χ4v) is 1.99. The van der Waals surface area contributed by atoms with E-state index in [1.807, 2.05) is 30.3 Å². The van der Waals surface area contributed by atoms with Crippen molar-refractivity contribution in [3.63, 3.8) is 0 Å². The molecular weight excluding hydrogens is 226 g/mol. The van der Waals surface area contributed by atoms with Crippen LogP contribution >= 0.6 is 0 Å². The lowest BCUT2D eigenvalue weighted by Gasteiger charge is -2.25. The van der Waals surface area contributed by atoms with Crippen molar-refractivity contribution < 1.29 is 10.2 Å². The van der Waals surface area contributed by atoms with Gasteiger partial charge in [0.2, 0.25) is 0 Å². The molecule has 3 nitrogen and oxygen atoms in total. The summed E-state index contributed by atoms with van der Waals surface area (Å²) in [5, 5.41) is 22.1. The van der Waals surface area contributed by atoms with Crippen molar-refractivity contribution in [1.29, 1.82) is 0 Å². The molecule has 1 unspecified atom stereocenters. The first-order chi connectivity index (χ1) is 8.55. The first-order valence-electron chi connectivity index (χ1n) is 6.60. The summed E-state index contributed by atoms with van der Waals surface area (Å²) in [4.78, 5) is 0. The minimum atomic E-state index is -0.458. The van der Waals surface area contributed by atoms with Gasteiger partial charge in [-0.2, -0.15) is 0 Å². The Morgan fingerprint density at radius 3 is 2.50 bits per heavy atom. The average molecular weight is 251 g/mol. The molecule has 0 amide bonds. The van der Waals surface area contributed by atoms with Gasteiger partial charge in [0.05, 0.1) is 6.10 Å². The maximum atomic E-state index is 9.99. The Labute approximate surface area is 110 Å². The lowest BCUT2D eigenvalue weighted by Crippen LogP contribution is -2.32. The van der Waals surface area contributed by atoms with Crippen LogP contribution in [0.2, 0.25) is 0 Å². The third-order valence-corrected chi connectivity index (χ3v) is 3.14. The summed E-state index contributed by atoms with van der Waals surface area (Å²) in [5.74, 6) is 0. The molecule has 3 heteroatoms. The first kappa shape index (κ1) is 15.2. The maximum Gasteiger partial charge on any atom is 0.0914 e. The van der Waals surface area contributed by atoms with E-state index in [2.05, 4.69) is 19.2 Å². The third kappa shape index (κ3) is 5.63. The van der Waals surface area contributed by atoms with E-state index in [-0.39, 0.29) is 12.0 Å². The fraction of sp³-hybridized carbons (Fsp3) is 0.600. The standard InChI is InChI=1S/C15H25NO2/c1-15(2,9-6-10-17)12-16-11-14(18)13-7-4-3-5-8-13/h3-5,7-8,14,16-18H,6,9-12H2,1-2H3. The van der Waals surface area contributed by atoms with E-state index in [1.54, 1.807) is 0 Å². The average Bonchev–Trinajstić information content (AvgIpc) is 2.37. The predicted molar refractivity (Wildman–Crippen MR) is 74.4 cm³/mol. The van der Waals surface area contributed by atoms with Gasteiger partial charge in [-0.1, -0.05) is 44.2 Å². The molecule has 3 N–H and O–H groups in total. The van der Waals surface area contributed by atoms with Crippen LogP contribution in [0.15, 0.2) is 30.3 Å². The summed E-state index contributed by atoms with van der Waals surface area (Å²) >= 11 is 0. The van der Waals surface area contributed by atoms with Crippen molar-refractivity contribution in [3.05, 3.63) is 35.9 Å². The van der Waals surface area contributed by atoms with Crippen LogP contribution in [-0.4, -0.2) is 29.9 Å². The van der Waals surface area contributed by atoms with Crippen molar-refractivity contribution in [2.75, 3.05) is 19.7 Å².